The second-order valence-electron chi connectivity index (χ2n) is 7.13. The monoisotopic (exact) mass is 268 g/mol. The van der Waals surface area contributed by atoms with Crippen LogP contribution in [0.5, 0.6) is 0 Å². The minimum atomic E-state index is -1.16. The number of rotatable bonds is 0. The number of esters is 1. The molecular formula is C15H24O4. The molecule has 1 saturated heterocycles. The summed E-state index contributed by atoms with van der Waals surface area (Å²) in [7, 11) is 0. The minimum absolute atomic E-state index is 0.0444. The number of carbonyl (C=O) groups excluding carboxylic acids is 1. The number of aliphatic hydroxyl groups is 2. The first-order chi connectivity index (χ1) is 8.80. The van der Waals surface area contributed by atoms with Crippen molar-refractivity contribution in [1.29, 1.82) is 0 Å². The standard InChI is InChI=1S/C15H24O4/c1-8-4-5-11-9(2)12(16)19-15(11)10(8)6-7-14(3,18)13(15)17/h8-11,13,17-18H,4-7H2,1-3H3/t8-,9-,10+,11+,13+,14+,15+/m1/s1. The summed E-state index contributed by atoms with van der Waals surface area (Å²) >= 11 is 0. The minimum Gasteiger partial charge on any atom is -0.455 e. The van der Waals surface area contributed by atoms with E-state index in [1.807, 2.05) is 6.92 Å². The van der Waals surface area contributed by atoms with E-state index in [-0.39, 0.29) is 23.7 Å². The van der Waals surface area contributed by atoms with Crippen molar-refractivity contribution in [1.82, 2.24) is 0 Å². The molecule has 4 heteroatoms. The maximum Gasteiger partial charge on any atom is 0.309 e. The molecule has 0 aromatic carbocycles. The molecular weight excluding hydrogens is 244 g/mol. The van der Waals surface area contributed by atoms with Crippen LogP contribution in [0.2, 0.25) is 0 Å². The van der Waals surface area contributed by atoms with Gasteiger partial charge < -0.3 is 14.9 Å². The Morgan fingerprint density at radius 3 is 2.58 bits per heavy atom. The molecule has 19 heavy (non-hydrogen) atoms. The van der Waals surface area contributed by atoms with Gasteiger partial charge in [-0.05, 0) is 38.5 Å². The van der Waals surface area contributed by atoms with Gasteiger partial charge in [0.2, 0.25) is 0 Å². The summed E-state index contributed by atoms with van der Waals surface area (Å²) in [6.45, 7) is 5.73. The predicted molar refractivity (Wildman–Crippen MR) is 69.2 cm³/mol. The Balaban J connectivity index is 2.08. The fourth-order valence-electron chi connectivity index (χ4n) is 4.85. The van der Waals surface area contributed by atoms with Crippen LogP contribution in [0.3, 0.4) is 0 Å². The molecule has 1 heterocycles. The second kappa shape index (κ2) is 3.95. The third-order valence-electron chi connectivity index (χ3n) is 6.01. The fraction of sp³-hybridized carbons (Fsp3) is 0.933. The van der Waals surface area contributed by atoms with Crippen LogP contribution in [0.15, 0.2) is 0 Å². The molecule has 0 unspecified atom stereocenters. The highest BCUT2D eigenvalue weighted by atomic mass is 16.6. The lowest BCUT2D eigenvalue weighted by Crippen LogP contribution is -2.67. The van der Waals surface area contributed by atoms with Crippen LogP contribution in [0.25, 0.3) is 0 Å². The Kier molecular flexibility index (Phi) is 2.78. The normalized spacial score (nSPS) is 57.3. The number of hydrogen-bond acceptors (Lipinski definition) is 4. The van der Waals surface area contributed by atoms with E-state index in [2.05, 4.69) is 6.92 Å². The Hall–Kier alpha value is -0.610. The summed E-state index contributed by atoms with van der Waals surface area (Å²) < 4.78 is 5.74. The molecule has 0 radical (unpaired) electrons. The van der Waals surface area contributed by atoms with Gasteiger partial charge in [-0.2, -0.15) is 0 Å². The molecule has 0 bridgehead atoms. The quantitative estimate of drug-likeness (QED) is 0.653. The van der Waals surface area contributed by atoms with E-state index in [9.17, 15) is 15.0 Å². The van der Waals surface area contributed by atoms with Crippen LogP contribution in [0.1, 0.15) is 46.5 Å². The van der Waals surface area contributed by atoms with Crippen molar-refractivity contribution in [3.63, 3.8) is 0 Å². The molecule has 1 aliphatic heterocycles. The van der Waals surface area contributed by atoms with Gasteiger partial charge in [0, 0.05) is 11.8 Å². The predicted octanol–water partition coefficient (Wildman–Crippen LogP) is 1.49. The molecule has 0 aromatic rings. The van der Waals surface area contributed by atoms with Crippen LogP contribution >= 0.6 is 0 Å². The third-order valence-corrected chi connectivity index (χ3v) is 6.01. The van der Waals surface area contributed by atoms with Crippen molar-refractivity contribution in [3.05, 3.63) is 0 Å². The lowest BCUT2D eigenvalue weighted by atomic mass is 9.53. The third kappa shape index (κ3) is 1.56. The maximum atomic E-state index is 12.0. The van der Waals surface area contributed by atoms with E-state index in [0.29, 0.717) is 12.3 Å². The van der Waals surface area contributed by atoms with Gasteiger partial charge in [0.05, 0.1) is 11.5 Å². The van der Waals surface area contributed by atoms with E-state index in [4.69, 9.17) is 4.74 Å². The first-order valence-corrected chi connectivity index (χ1v) is 7.44. The topological polar surface area (TPSA) is 66.8 Å². The average Bonchev–Trinajstić information content (AvgIpc) is 2.59. The van der Waals surface area contributed by atoms with Crippen molar-refractivity contribution >= 4 is 5.97 Å². The van der Waals surface area contributed by atoms with Crippen LogP contribution < -0.4 is 0 Å². The highest BCUT2D eigenvalue weighted by Gasteiger charge is 2.68. The molecule has 4 nitrogen and oxygen atoms in total. The molecule has 1 spiro atoms. The molecule has 2 N–H and O–H groups in total. The second-order valence-corrected chi connectivity index (χ2v) is 7.13. The van der Waals surface area contributed by atoms with Gasteiger partial charge in [0.1, 0.15) is 11.7 Å². The van der Waals surface area contributed by atoms with E-state index >= 15 is 0 Å². The van der Waals surface area contributed by atoms with Gasteiger partial charge in [0.15, 0.2) is 0 Å². The van der Waals surface area contributed by atoms with Crippen LogP contribution in [-0.2, 0) is 9.53 Å². The molecule has 0 aromatic heterocycles. The lowest BCUT2D eigenvalue weighted by molar-refractivity contribution is -0.248. The largest absolute Gasteiger partial charge is 0.455 e. The molecule has 0 amide bonds. The van der Waals surface area contributed by atoms with Crippen LogP contribution in [-0.4, -0.2) is 33.5 Å². The summed E-state index contributed by atoms with van der Waals surface area (Å²) in [4.78, 5) is 12.0. The Morgan fingerprint density at radius 1 is 1.21 bits per heavy atom. The zero-order chi connectivity index (χ0) is 14.0. The summed E-state index contributed by atoms with van der Waals surface area (Å²) in [5.74, 6) is 0.276. The highest BCUT2D eigenvalue weighted by molar-refractivity contribution is 5.76. The number of hydrogen-bond donors (Lipinski definition) is 2. The summed E-state index contributed by atoms with van der Waals surface area (Å²) in [5, 5.41) is 21.2. The van der Waals surface area contributed by atoms with Gasteiger partial charge in [0.25, 0.3) is 0 Å². The molecule has 3 aliphatic rings. The van der Waals surface area contributed by atoms with Gasteiger partial charge in [-0.3, -0.25) is 4.79 Å². The molecule has 2 aliphatic carbocycles. The molecule has 108 valence electrons. The zero-order valence-electron chi connectivity index (χ0n) is 11.9. The van der Waals surface area contributed by atoms with Gasteiger partial charge >= 0.3 is 5.97 Å². The molecule has 2 saturated carbocycles. The Labute approximate surface area is 114 Å². The van der Waals surface area contributed by atoms with E-state index < -0.39 is 17.3 Å². The van der Waals surface area contributed by atoms with Crippen molar-refractivity contribution in [2.24, 2.45) is 23.7 Å². The van der Waals surface area contributed by atoms with Gasteiger partial charge in [-0.15, -0.1) is 0 Å². The summed E-state index contributed by atoms with van der Waals surface area (Å²) in [5.41, 5.74) is -2.01. The smallest absolute Gasteiger partial charge is 0.309 e. The Bertz CT molecular complexity index is 401. The van der Waals surface area contributed by atoms with Gasteiger partial charge in [-0.1, -0.05) is 13.8 Å². The first-order valence-electron chi connectivity index (χ1n) is 7.44. The summed E-state index contributed by atoms with van der Waals surface area (Å²) in [6.07, 6.45) is 2.40. The zero-order valence-corrected chi connectivity index (χ0v) is 11.9. The number of aliphatic hydroxyl groups excluding tert-OH is 1. The number of carbonyl (C=O) groups is 1. The lowest BCUT2D eigenvalue weighted by Gasteiger charge is -2.56. The highest BCUT2D eigenvalue weighted by Crippen LogP contribution is 2.59. The van der Waals surface area contributed by atoms with Crippen molar-refractivity contribution in [3.8, 4) is 0 Å². The van der Waals surface area contributed by atoms with Crippen LogP contribution in [0, 0.1) is 23.7 Å². The first kappa shape index (κ1) is 13.4. The van der Waals surface area contributed by atoms with Crippen molar-refractivity contribution in [2.45, 2.75) is 63.8 Å². The van der Waals surface area contributed by atoms with Crippen molar-refractivity contribution < 1.29 is 19.7 Å². The maximum absolute atomic E-state index is 12.0. The average molecular weight is 268 g/mol. The van der Waals surface area contributed by atoms with E-state index in [1.54, 1.807) is 6.92 Å². The molecule has 3 fully saturated rings. The Morgan fingerprint density at radius 2 is 1.89 bits per heavy atom. The van der Waals surface area contributed by atoms with E-state index in [0.717, 1.165) is 19.3 Å². The number of ether oxygens (including phenoxy) is 1. The van der Waals surface area contributed by atoms with Crippen LogP contribution in [0.4, 0.5) is 0 Å². The van der Waals surface area contributed by atoms with Gasteiger partial charge in [-0.25, -0.2) is 0 Å². The SMILES string of the molecule is C[C@@H]1CC[C@H]2[C@@H](C)C(=O)O[C@]23[C@@H](O)[C@@](C)(O)CC[C@@H]13. The molecule has 7 atom stereocenters. The molecule has 3 rings (SSSR count). The summed E-state index contributed by atoms with van der Waals surface area (Å²) in [6, 6.07) is 0. The van der Waals surface area contributed by atoms with Crippen molar-refractivity contribution in [2.75, 3.05) is 0 Å². The fourth-order valence-corrected chi connectivity index (χ4v) is 4.85. The van der Waals surface area contributed by atoms with E-state index in [1.165, 1.54) is 0 Å².